The predicted octanol–water partition coefficient (Wildman–Crippen LogP) is 5.04. The molecule has 1 heterocycles. The first-order valence-corrected chi connectivity index (χ1v) is 10.1. The van der Waals surface area contributed by atoms with Crippen LogP contribution in [0.3, 0.4) is 0 Å². The molecule has 0 aliphatic rings. The molecule has 1 aromatic heterocycles. The predicted molar refractivity (Wildman–Crippen MR) is 115 cm³/mol. The fourth-order valence-corrected chi connectivity index (χ4v) is 3.37. The van der Waals surface area contributed by atoms with Crippen LogP contribution in [0.15, 0.2) is 52.9 Å². The van der Waals surface area contributed by atoms with Crippen molar-refractivity contribution in [1.29, 1.82) is 0 Å². The molecule has 0 atom stereocenters. The van der Waals surface area contributed by atoms with Gasteiger partial charge in [0.25, 0.3) is 5.91 Å². The van der Waals surface area contributed by atoms with Crippen molar-refractivity contribution in [3.05, 3.63) is 65.4 Å². The van der Waals surface area contributed by atoms with E-state index in [4.69, 9.17) is 14.3 Å². The van der Waals surface area contributed by atoms with E-state index in [0.29, 0.717) is 25.1 Å². The first-order chi connectivity index (χ1) is 14.4. The van der Waals surface area contributed by atoms with Crippen LogP contribution < -0.4 is 4.74 Å². The number of amides is 1. The van der Waals surface area contributed by atoms with Crippen LogP contribution in [0.2, 0.25) is 0 Å². The van der Waals surface area contributed by atoms with Gasteiger partial charge in [0.15, 0.2) is 0 Å². The van der Waals surface area contributed by atoms with E-state index in [0.717, 1.165) is 40.9 Å². The normalized spacial score (nSPS) is 10.9. The number of furan rings is 1. The highest BCUT2D eigenvalue weighted by molar-refractivity contribution is 5.97. The highest BCUT2D eigenvalue weighted by Crippen LogP contribution is 2.23. The Morgan fingerprint density at radius 3 is 2.67 bits per heavy atom. The van der Waals surface area contributed by atoms with Crippen LogP contribution in [-0.2, 0) is 11.3 Å². The lowest BCUT2D eigenvalue weighted by Crippen LogP contribution is -2.26. The van der Waals surface area contributed by atoms with Crippen LogP contribution in [0.4, 0.5) is 0 Å². The number of carbonyl (C=O) groups is 2. The highest BCUT2D eigenvalue weighted by atomic mass is 16.5. The molecular formula is C24H27NO5. The molecule has 2 aromatic carbocycles. The third-order valence-electron chi connectivity index (χ3n) is 4.91. The first-order valence-electron chi connectivity index (χ1n) is 10.1. The molecule has 158 valence electrons. The Labute approximate surface area is 176 Å². The maximum atomic E-state index is 12.9. The molecule has 1 N–H and O–H groups in total. The maximum Gasteiger partial charge on any atom is 0.303 e. The van der Waals surface area contributed by atoms with Crippen molar-refractivity contribution in [1.82, 2.24) is 4.90 Å². The van der Waals surface area contributed by atoms with Crippen molar-refractivity contribution >= 4 is 22.8 Å². The largest absolute Gasteiger partial charge is 0.493 e. The van der Waals surface area contributed by atoms with E-state index < -0.39 is 5.97 Å². The Morgan fingerprint density at radius 1 is 1.07 bits per heavy atom. The summed E-state index contributed by atoms with van der Waals surface area (Å²) in [4.78, 5) is 25.1. The lowest BCUT2D eigenvalue weighted by atomic mass is 10.1. The molecule has 0 fully saturated rings. The number of aryl methyl sites for hydroxylation is 1. The van der Waals surface area contributed by atoms with Crippen LogP contribution in [0, 0.1) is 6.92 Å². The fourth-order valence-electron chi connectivity index (χ4n) is 3.37. The van der Waals surface area contributed by atoms with Crippen molar-refractivity contribution in [2.75, 3.05) is 13.7 Å². The molecule has 0 saturated carbocycles. The average molecular weight is 409 g/mol. The minimum atomic E-state index is -0.768. The fraction of sp³-hybridized carbons (Fsp3) is 0.333. The zero-order valence-corrected chi connectivity index (χ0v) is 17.4. The molecule has 6 nitrogen and oxygen atoms in total. The second-order valence-corrected chi connectivity index (χ2v) is 7.43. The summed E-state index contributed by atoms with van der Waals surface area (Å²) >= 11 is 0. The minimum absolute atomic E-state index is 0.0702. The Kier molecular flexibility index (Phi) is 7.12. The molecule has 0 spiro atoms. The number of para-hydroxylation sites is 1. The van der Waals surface area contributed by atoms with Gasteiger partial charge in [-0.15, -0.1) is 0 Å². The van der Waals surface area contributed by atoms with Gasteiger partial charge in [-0.25, -0.2) is 0 Å². The zero-order valence-electron chi connectivity index (χ0n) is 17.4. The van der Waals surface area contributed by atoms with Gasteiger partial charge in [0.1, 0.15) is 17.1 Å². The van der Waals surface area contributed by atoms with E-state index >= 15 is 0 Å². The van der Waals surface area contributed by atoms with Gasteiger partial charge < -0.3 is 19.2 Å². The van der Waals surface area contributed by atoms with Crippen molar-refractivity contribution in [3.63, 3.8) is 0 Å². The standard InChI is InChI=1S/C24H27NO5/c1-17-14-20-15-18(11-12-22(20)30-17)24(28)25(2)16-19-8-5-6-9-21(19)29-13-7-3-4-10-23(26)27/h5-6,8-9,11-12,14-15H,3-4,7,10,13,16H2,1-2H3,(H,26,27). The number of aliphatic carboxylic acids is 1. The summed E-state index contributed by atoms with van der Waals surface area (Å²) in [6, 6.07) is 15.1. The van der Waals surface area contributed by atoms with E-state index in [2.05, 4.69) is 0 Å². The number of hydrogen-bond donors (Lipinski definition) is 1. The topological polar surface area (TPSA) is 80.0 Å². The number of benzene rings is 2. The third kappa shape index (κ3) is 5.63. The Morgan fingerprint density at radius 2 is 1.87 bits per heavy atom. The zero-order chi connectivity index (χ0) is 21.5. The van der Waals surface area contributed by atoms with Gasteiger partial charge in [-0.2, -0.15) is 0 Å². The number of rotatable bonds is 10. The van der Waals surface area contributed by atoms with Gasteiger partial charge >= 0.3 is 5.97 Å². The number of nitrogens with zero attached hydrogens (tertiary/aromatic N) is 1. The van der Waals surface area contributed by atoms with Crippen LogP contribution in [0.5, 0.6) is 5.75 Å². The monoisotopic (exact) mass is 409 g/mol. The molecule has 6 heteroatoms. The van der Waals surface area contributed by atoms with Gasteiger partial charge in [0.05, 0.1) is 6.61 Å². The number of unbranched alkanes of at least 4 members (excludes halogenated alkanes) is 2. The molecule has 3 rings (SSSR count). The van der Waals surface area contributed by atoms with Crippen molar-refractivity contribution < 1.29 is 23.8 Å². The molecule has 30 heavy (non-hydrogen) atoms. The third-order valence-corrected chi connectivity index (χ3v) is 4.91. The summed E-state index contributed by atoms with van der Waals surface area (Å²) in [5.74, 6) is 0.725. The lowest BCUT2D eigenvalue weighted by molar-refractivity contribution is -0.137. The van der Waals surface area contributed by atoms with Gasteiger partial charge in [0.2, 0.25) is 0 Å². The van der Waals surface area contributed by atoms with Gasteiger partial charge in [-0.3, -0.25) is 9.59 Å². The second-order valence-electron chi connectivity index (χ2n) is 7.43. The van der Waals surface area contributed by atoms with Crippen LogP contribution >= 0.6 is 0 Å². The Hall–Kier alpha value is -3.28. The summed E-state index contributed by atoms with van der Waals surface area (Å²) in [7, 11) is 1.77. The lowest BCUT2D eigenvalue weighted by Gasteiger charge is -2.19. The molecule has 3 aromatic rings. The van der Waals surface area contributed by atoms with Crippen molar-refractivity contribution in [2.24, 2.45) is 0 Å². The van der Waals surface area contributed by atoms with E-state index in [9.17, 15) is 9.59 Å². The molecule has 0 aliphatic carbocycles. The molecule has 0 unspecified atom stereocenters. The van der Waals surface area contributed by atoms with Crippen molar-refractivity contribution in [3.8, 4) is 5.75 Å². The first kappa shape index (κ1) is 21.4. The SMILES string of the molecule is Cc1cc2cc(C(=O)N(C)Cc3ccccc3OCCCCCC(=O)O)ccc2o1. The quantitative estimate of drug-likeness (QED) is 0.475. The number of carbonyl (C=O) groups excluding carboxylic acids is 1. The second kappa shape index (κ2) is 9.96. The molecule has 0 aliphatic heterocycles. The molecule has 1 amide bonds. The summed E-state index contributed by atoms with van der Waals surface area (Å²) in [5.41, 5.74) is 2.32. The molecular weight excluding hydrogens is 382 g/mol. The summed E-state index contributed by atoms with van der Waals surface area (Å²) in [6.07, 6.45) is 2.44. The van der Waals surface area contributed by atoms with Crippen LogP contribution in [0.1, 0.15) is 47.4 Å². The van der Waals surface area contributed by atoms with Gasteiger partial charge in [-0.1, -0.05) is 18.2 Å². The van der Waals surface area contributed by atoms with Crippen LogP contribution in [0.25, 0.3) is 11.0 Å². The summed E-state index contributed by atoms with van der Waals surface area (Å²) < 4.78 is 11.5. The van der Waals surface area contributed by atoms with Crippen LogP contribution in [-0.4, -0.2) is 35.5 Å². The van der Waals surface area contributed by atoms with E-state index in [1.165, 1.54) is 0 Å². The van der Waals surface area contributed by atoms with E-state index in [1.807, 2.05) is 49.4 Å². The average Bonchev–Trinajstić information content (AvgIpc) is 3.10. The van der Waals surface area contributed by atoms with Gasteiger partial charge in [0, 0.05) is 36.5 Å². The molecule has 0 radical (unpaired) electrons. The Balaban J connectivity index is 1.59. The van der Waals surface area contributed by atoms with E-state index in [-0.39, 0.29) is 12.3 Å². The highest BCUT2D eigenvalue weighted by Gasteiger charge is 2.15. The number of ether oxygens (including phenoxy) is 1. The molecule has 0 bridgehead atoms. The van der Waals surface area contributed by atoms with E-state index in [1.54, 1.807) is 18.0 Å². The smallest absolute Gasteiger partial charge is 0.303 e. The number of hydrogen-bond acceptors (Lipinski definition) is 4. The number of carboxylic acids is 1. The van der Waals surface area contributed by atoms with Gasteiger partial charge in [-0.05, 0) is 56.5 Å². The van der Waals surface area contributed by atoms with Crippen molar-refractivity contribution in [2.45, 2.75) is 39.2 Å². The molecule has 0 saturated heterocycles. The summed E-state index contributed by atoms with van der Waals surface area (Å²) in [5, 5.41) is 9.60. The Bertz CT molecular complexity index is 1020. The summed E-state index contributed by atoms with van der Waals surface area (Å²) in [6.45, 7) is 2.83. The minimum Gasteiger partial charge on any atom is -0.493 e. The maximum absolute atomic E-state index is 12.9. The number of fused-ring (bicyclic) bond motifs is 1. The number of carboxylic acid groups (broad SMARTS) is 1.